The predicted molar refractivity (Wildman–Crippen MR) is 35.6 cm³/mol. The molecule has 0 aromatic rings. The molecule has 0 saturated carbocycles. The standard InChI is InChI=1S/C4H10.CH5N.H3N/c1-4(2)3;1-2;/h4H,1-3H3;2H2,1H3;1H3. The highest BCUT2D eigenvalue weighted by Gasteiger charge is 1.68. The lowest BCUT2D eigenvalue weighted by Gasteiger charge is -1.79. The van der Waals surface area contributed by atoms with Crippen LogP contribution in [0.1, 0.15) is 20.8 Å². The van der Waals surface area contributed by atoms with Crippen LogP contribution in [0.3, 0.4) is 0 Å². The van der Waals surface area contributed by atoms with Crippen LogP contribution in [0.4, 0.5) is 0 Å². The number of nitrogens with two attached hydrogens (primary N) is 1. The van der Waals surface area contributed by atoms with E-state index in [9.17, 15) is 0 Å². The summed E-state index contributed by atoms with van der Waals surface area (Å²) in [7, 11) is 1.50. The van der Waals surface area contributed by atoms with Crippen LogP contribution in [-0.4, -0.2) is 7.05 Å². The van der Waals surface area contributed by atoms with Gasteiger partial charge in [0.05, 0.1) is 0 Å². The SMILES string of the molecule is CC(C)C.CN.N. The lowest BCUT2D eigenvalue weighted by Crippen LogP contribution is -1.69. The quantitative estimate of drug-likeness (QED) is 0.490. The first-order chi connectivity index (χ1) is 2.73. The Morgan fingerprint density at radius 2 is 1.00 bits per heavy atom. The number of rotatable bonds is 0. The van der Waals surface area contributed by atoms with Gasteiger partial charge in [0.25, 0.3) is 0 Å². The third-order valence-corrected chi connectivity index (χ3v) is 0. The molecule has 0 radical (unpaired) electrons. The van der Waals surface area contributed by atoms with Crippen molar-refractivity contribution < 1.29 is 0 Å². The molecule has 0 spiro atoms. The summed E-state index contributed by atoms with van der Waals surface area (Å²) in [6, 6.07) is 0. The average Bonchev–Trinajstić information content (AvgIpc) is 1.41. The van der Waals surface area contributed by atoms with Crippen molar-refractivity contribution in [3.63, 3.8) is 0 Å². The highest BCUT2D eigenvalue weighted by molar-refractivity contribution is 4.20. The summed E-state index contributed by atoms with van der Waals surface area (Å²) >= 11 is 0. The molecule has 5 N–H and O–H groups in total. The van der Waals surface area contributed by atoms with Gasteiger partial charge in [0, 0.05) is 0 Å². The minimum atomic E-state index is 0. The van der Waals surface area contributed by atoms with E-state index in [1.807, 2.05) is 0 Å². The van der Waals surface area contributed by atoms with Crippen LogP contribution in [0.2, 0.25) is 0 Å². The molecule has 0 aliphatic rings. The van der Waals surface area contributed by atoms with E-state index in [-0.39, 0.29) is 6.15 Å². The Morgan fingerprint density at radius 3 is 1.00 bits per heavy atom. The Kier molecular flexibility index (Phi) is 37.9. The van der Waals surface area contributed by atoms with Gasteiger partial charge in [-0.05, 0) is 13.0 Å². The van der Waals surface area contributed by atoms with Gasteiger partial charge in [-0.25, -0.2) is 0 Å². The zero-order valence-corrected chi connectivity index (χ0v) is 5.86. The van der Waals surface area contributed by atoms with Crippen LogP contribution in [0.25, 0.3) is 0 Å². The van der Waals surface area contributed by atoms with Gasteiger partial charge < -0.3 is 11.9 Å². The lowest BCUT2D eigenvalue weighted by molar-refractivity contribution is 0.737. The van der Waals surface area contributed by atoms with Gasteiger partial charge in [-0.3, -0.25) is 0 Å². The molecule has 0 aromatic carbocycles. The van der Waals surface area contributed by atoms with Gasteiger partial charge in [-0.1, -0.05) is 20.8 Å². The van der Waals surface area contributed by atoms with Crippen molar-refractivity contribution in [2.24, 2.45) is 11.7 Å². The van der Waals surface area contributed by atoms with Gasteiger partial charge in [-0.15, -0.1) is 0 Å². The summed E-state index contributed by atoms with van der Waals surface area (Å²) in [4.78, 5) is 0. The van der Waals surface area contributed by atoms with Gasteiger partial charge >= 0.3 is 0 Å². The van der Waals surface area contributed by atoms with Gasteiger partial charge in [0.1, 0.15) is 0 Å². The smallest absolute Gasteiger partial charge is 0.0195 e. The summed E-state index contributed by atoms with van der Waals surface area (Å²) in [5, 5.41) is 0. The topological polar surface area (TPSA) is 61.0 Å². The van der Waals surface area contributed by atoms with Crippen molar-refractivity contribution in [3.05, 3.63) is 0 Å². The molecule has 0 bridgehead atoms. The van der Waals surface area contributed by atoms with E-state index in [1.54, 1.807) is 0 Å². The summed E-state index contributed by atoms with van der Waals surface area (Å²) in [5.74, 6) is 0.833. The molecule has 0 aliphatic carbocycles. The molecule has 0 aliphatic heterocycles. The first-order valence-electron chi connectivity index (χ1n) is 2.31. The van der Waals surface area contributed by atoms with Crippen LogP contribution in [0.15, 0.2) is 0 Å². The Labute approximate surface area is 46.7 Å². The molecule has 0 fully saturated rings. The summed E-state index contributed by atoms with van der Waals surface area (Å²) in [6.45, 7) is 6.50. The van der Waals surface area contributed by atoms with Crippen molar-refractivity contribution >= 4 is 0 Å². The fourth-order valence-corrected chi connectivity index (χ4v) is 0. The Morgan fingerprint density at radius 1 is 1.00 bits per heavy atom. The Hall–Kier alpha value is -0.0800. The Bertz CT molecular complexity index is 10.8. The fourth-order valence-electron chi connectivity index (χ4n) is 0. The number of hydrogen-bond acceptors (Lipinski definition) is 2. The maximum atomic E-state index is 4.50. The van der Waals surface area contributed by atoms with E-state index in [2.05, 4.69) is 26.5 Å². The second-order valence-corrected chi connectivity index (χ2v) is 1.73. The number of hydrogen-bond donors (Lipinski definition) is 2. The third kappa shape index (κ3) is 14200. The first kappa shape index (κ1) is 15.8. The predicted octanol–water partition coefficient (Wildman–Crippen LogP) is 1.40. The van der Waals surface area contributed by atoms with E-state index >= 15 is 0 Å². The van der Waals surface area contributed by atoms with Crippen LogP contribution < -0.4 is 11.9 Å². The largest absolute Gasteiger partial charge is 0.344 e. The molecule has 0 amide bonds. The second-order valence-electron chi connectivity index (χ2n) is 1.73. The summed E-state index contributed by atoms with van der Waals surface area (Å²) in [6.07, 6.45) is 0. The molecule has 2 heteroatoms. The third-order valence-electron chi connectivity index (χ3n) is 0. The summed E-state index contributed by atoms with van der Waals surface area (Å²) in [5.41, 5.74) is 4.50. The monoisotopic (exact) mass is 106 g/mol. The fraction of sp³-hybridized carbons (Fsp3) is 1.00. The lowest BCUT2D eigenvalue weighted by atomic mass is 10.3. The van der Waals surface area contributed by atoms with Crippen LogP contribution in [-0.2, 0) is 0 Å². The minimum absolute atomic E-state index is 0. The minimum Gasteiger partial charge on any atom is -0.344 e. The van der Waals surface area contributed by atoms with Crippen molar-refractivity contribution in [3.8, 4) is 0 Å². The van der Waals surface area contributed by atoms with E-state index in [4.69, 9.17) is 0 Å². The van der Waals surface area contributed by atoms with Crippen molar-refractivity contribution in [2.45, 2.75) is 20.8 Å². The maximum absolute atomic E-state index is 4.50. The zero-order chi connectivity index (χ0) is 5.58. The van der Waals surface area contributed by atoms with Crippen molar-refractivity contribution in [1.29, 1.82) is 0 Å². The van der Waals surface area contributed by atoms with E-state index in [0.29, 0.717) is 0 Å². The van der Waals surface area contributed by atoms with Crippen LogP contribution in [0, 0.1) is 5.92 Å². The summed E-state index contributed by atoms with van der Waals surface area (Å²) < 4.78 is 0. The van der Waals surface area contributed by atoms with Gasteiger partial charge in [-0.2, -0.15) is 0 Å². The van der Waals surface area contributed by atoms with E-state index < -0.39 is 0 Å². The second kappa shape index (κ2) is 16.8. The molecule has 48 valence electrons. The molecule has 0 saturated heterocycles. The molecular weight excluding hydrogens is 88.1 g/mol. The highest BCUT2D eigenvalue weighted by atomic mass is 14.4. The van der Waals surface area contributed by atoms with Crippen LogP contribution >= 0.6 is 0 Å². The van der Waals surface area contributed by atoms with E-state index in [1.165, 1.54) is 7.05 Å². The molecule has 7 heavy (non-hydrogen) atoms. The zero-order valence-electron chi connectivity index (χ0n) is 5.86. The molecule has 0 heterocycles. The van der Waals surface area contributed by atoms with Crippen LogP contribution in [0.5, 0.6) is 0 Å². The maximum Gasteiger partial charge on any atom is -0.0195 e. The molecule has 0 atom stereocenters. The molecule has 0 aromatic heterocycles. The van der Waals surface area contributed by atoms with E-state index in [0.717, 1.165) is 5.92 Å². The molecule has 0 unspecified atom stereocenters. The first-order valence-corrected chi connectivity index (χ1v) is 2.31. The average molecular weight is 106 g/mol. The van der Waals surface area contributed by atoms with Crippen molar-refractivity contribution in [1.82, 2.24) is 6.15 Å². The molecular formula is C5H18N2. The van der Waals surface area contributed by atoms with Gasteiger partial charge in [0.15, 0.2) is 0 Å². The van der Waals surface area contributed by atoms with Gasteiger partial charge in [0.2, 0.25) is 0 Å². The van der Waals surface area contributed by atoms with Crippen molar-refractivity contribution in [2.75, 3.05) is 7.05 Å². The molecule has 2 nitrogen and oxygen atoms in total. The molecule has 0 rings (SSSR count). The highest BCUT2D eigenvalue weighted by Crippen LogP contribution is 1.81. The normalized spacial score (nSPS) is 6.00. The Balaban J connectivity index is -0.0000000480.